The number of benzene rings is 2. The highest BCUT2D eigenvalue weighted by atomic mass is 16.5. The predicted molar refractivity (Wildman–Crippen MR) is 111 cm³/mol. The van der Waals surface area contributed by atoms with Crippen molar-refractivity contribution in [3.63, 3.8) is 0 Å². The highest BCUT2D eigenvalue weighted by Crippen LogP contribution is 2.22. The van der Waals surface area contributed by atoms with Gasteiger partial charge in [-0.05, 0) is 43.2 Å². The van der Waals surface area contributed by atoms with Crippen molar-refractivity contribution in [1.29, 1.82) is 0 Å². The van der Waals surface area contributed by atoms with Gasteiger partial charge in [-0.25, -0.2) is 4.98 Å². The Morgan fingerprint density at radius 3 is 2.38 bits per heavy atom. The first-order chi connectivity index (χ1) is 14.3. The maximum absolute atomic E-state index is 12.9. The third-order valence-electron chi connectivity index (χ3n) is 4.98. The Hall–Kier alpha value is -3.34. The number of pyridine rings is 1. The monoisotopic (exact) mass is 388 g/mol. The summed E-state index contributed by atoms with van der Waals surface area (Å²) in [6.45, 7) is 2.09. The molecule has 3 aromatic rings. The molecule has 1 aliphatic heterocycles. The first kappa shape index (κ1) is 19.0. The van der Waals surface area contributed by atoms with E-state index < -0.39 is 0 Å². The van der Waals surface area contributed by atoms with Gasteiger partial charge in [0.15, 0.2) is 0 Å². The van der Waals surface area contributed by atoms with Crippen LogP contribution in [0.3, 0.4) is 0 Å². The van der Waals surface area contributed by atoms with E-state index in [-0.39, 0.29) is 5.91 Å². The number of hydrogen-bond donors (Lipinski definition) is 0. The second kappa shape index (κ2) is 9.24. The van der Waals surface area contributed by atoms with Crippen LogP contribution in [0.25, 0.3) is 0 Å². The molecule has 0 aliphatic carbocycles. The lowest BCUT2D eigenvalue weighted by Crippen LogP contribution is -2.41. The predicted octanol–water partition coefficient (Wildman–Crippen LogP) is 4.81. The number of likely N-dealkylation sites (tertiary alicyclic amines) is 1. The van der Waals surface area contributed by atoms with Gasteiger partial charge in [0.25, 0.3) is 5.91 Å². The number of amides is 1. The minimum Gasteiger partial charge on any atom is -0.493 e. The van der Waals surface area contributed by atoms with Gasteiger partial charge >= 0.3 is 0 Å². The Morgan fingerprint density at radius 2 is 1.69 bits per heavy atom. The number of carbonyl (C=O) groups is 1. The average molecular weight is 388 g/mol. The molecule has 0 spiro atoms. The summed E-state index contributed by atoms with van der Waals surface area (Å²) < 4.78 is 11.6. The van der Waals surface area contributed by atoms with E-state index in [0.29, 0.717) is 30.5 Å². The van der Waals surface area contributed by atoms with Crippen LogP contribution in [0.2, 0.25) is 0 Å². The number of ether oxygens (including phenoxy) is 2. The highest BCUT2D eigenvalue weighted by molar-refractivity contribution is 5.94. The molecule has 0 bridgehead atoms. The van der Waals surface area contributed by atoms with Gasteiger partial charge < -0.3 is 14.4 Å². The van der Waals surface area contributed by atoms with Crippen molar-refractivity contribution in [3.8, 4) is 17.4 Å². The fourth-order valence-corrected chi connectivity index (χ4v) is 3.48. The third-order valence-corrected chi connectivity index (χ3v) is 4.98. The molecule has 1 saturated heterocycles. The Labute approximate surface area is 170 Å². The van der Waals surface area contributed by atoms with E-state index in [1.54, 1.807) is 18.3 Å². The summed E-state index contributed by atoms with van der Waals surface area (Å²) in [6, 6.07) is 22.8. The molecule has 2 aromatic carbocycles. The zero-order chi connectivity index (χ0) is 19.9. The van der Waals surface area contributed by atoms with Gasteiger partial charge in [0, 0.05) is 31.3 Å². The molecule has 2 heterocycles. The largest absolute Gasteiger partial charge is 0.493 e. The fraction of sp³-hybridized carbons (Fsp3) is 0.250. The zero-order valence-corrected chi connectivity index (χ0v) is 16.2. The van der Waals surface area contributed by atoms with Crippen LogP contribution < -0.4 is 9.47 Å². The Morgan fingerprint density at radius 1 is 0.966 bits per heavy atom. The van der Waals surface area contributed by atoms with Crippen LogP contribution in [0, 0.1) is 5.92 Å². The molecule has 5 heteroatoms. The van der Waals surface area contributed by atoms with Crippen molar-refractivity contribution in [2.45, 2.75) is 12.8 Å². The minimum atomic E-state index is 0.00757. The van der Waals surface area contributed by atoms with Gasteiger partial charge in [-0.15, -0.1) is 0 Å². The maximum Gasteiger partial charge on any atom is 0.255 e. The Balaban J connectivity index is 1.33. The molecule has 1 aromatic heterocycles. The van der Waals surface area contributed by atoms with Crippen LogP contribution in [0.4, 0.5) is 0 Å². The van der Waals surface area contributed by atoms with E-state index >= 15 is 0 Å². The summed E-state index contributed by atoms with van der Waals surface area (Å²) >= 11 is 0. The molecule has 0 radical (unpaired) electrons. The lowest BCUT2D eigenvalue weighted by Gasteiger charge is -2.32. The van der Waals surface area contributed by atoms with Gasteiger partial charge in [-0.2, -0.15) is 0 Å². The highest BCUT2D eigenvalue weighted by Gasteiger charge is 2.25. The molecule has 5 nitrogen and oxygen atoms in total. The molecule has 0 saturated carbocycles. The summed E-state index contributed by atoms with van der Waals surface area (Å²) in [6.07, 6.45) is 3.64. The van der Waals surface area contributed by atoms with E-state index in [0.717, 1.165) is 30.9 Å². The van der Waals surface area contributed by atoms with Crippen molar-refractivity contribution in [2.24, 2.45) is 5.92 Å². The van der Waals surface area contributed by atoms with Crippen LogP contribution in [-0.4, -0.2) is 35.5 Å². The Bertz CT molecular complexity index is 914. The maximum atomic E-state index is 12.9. The van der Waals surface area contributed by atoms with Crippen LogP contribution in [0.1, 0.15) is 23.2 Å². The summed E-state index contributed by atoms with van der Waals surface area (Å²) in [4.78, 5) is 19.1. The first-order valence-corrected chi connectivity index (χ1v) is 9.94. The molecular weight excluding hydrogens is 364 g/mol. The van der Waals surface area contributed by atoms with E-state index in [1.165, 1.54) is 0 Å². The molecule has 1 aliphatic rings. The number of hydrogen-bond acceptors (Lipinski definition) is 4. The van der Waals surface area contributed by atoms with Crippen molar-refractivity contribution in [3.05, 3.63) is 84.6 Å². The van der Waals surface area contributed by atoms with Crippen molar-refractivity contribution in [2.75, 3.05) is 19.7 Å². The molecule has 1 amide bonds. The molecule has 0 N–H and O–H groups in total. The lowest BCUT2D eigenvalue weighted by molar-refractivity contribution is 0.0633. The molecule has 148 valence electrons. The van der Waals surface area contributed by atoms with E-state index in [4.69, 9.17) is 9.47 Å². The smallest absolute Gasteiger partial charge is 0.255 e. The first-order valence-electron chi connectivity index (χ1n) is 9.94. The van der Waals surface area contributed by atoms with E-state index in [2.05, 4.69) is 4.98 Å². The standard InChI is InChI=1S/C24H24N2O3/c27-24(20-13-14-23(25-16-20)29-22-11-5-2-6-12-22)26-15-7-8-19(17-26)18-28-21-9-3-1-4-10-21/h1-6,9-14,16,19H,7-8,15,17-18H2. The quantitative estimate of drug-likeness (QED) is 0.608. The van der Waals surface area contributed by atoms with Gasteiger partial charge in [0.1, 0.15) is 11.5 Å². The summed E-state index contributed by atoms with van der Waals surface area (Å²) in [5, 5.41) is 0. The second-order valence-corrected chi connectivity index (χ2v) is 7.18. The normalized spacial score (nSPS) is 16.3. The molecule has 1 fully saturated rings. The van der Waals surface area contributed by atoms with E-state index in [9.17, 15) is 4.79 Å². The topological polar surface area (TPSA) is 51.7 Å². The fourth-order valence-electron chi connectivity index (χ4n) is 3.48. The minimum absolute atomic E-state index is 0.00757. The van der Waals surface area contributed by atoms with Gasteiger partial charge in [0.2, 0.25) is 5.88 Å². The van der Waals surface area contributed by atoms with Gasteiger partial charge in [-0.3, -0.25) is 4.79 Å². The third kappa shape index (κ3) is 5.13. The molecule has 1 unspecified atom stereocenters. The molecule has 4 rings (SSSR count). The molecular formula is C24H24N2O3. The van der Waals surface area contributed by atoms with Crippen LogP contribution in [-0.2, 0) is 0 Å². The number of piperidine rings is 1. The number of nitrogens with zero attached hydrogens (tertiary/aromatic N) is 2. The SMILES string of the molecule is O=C(c1ccc(Oc2ccccc2)nc1)N1CCCC(COc2ccccc2)C1. The number of carbonyl (C=O) groups excluding carboxylic acids is 1. The van der Waals surface area contributed by atoms with E-state index in [1.807, 2.05) is 65.6 Å². The Kier molecular flexibility index (Phi) is 6.05. The van der Waals surface area contributed by atoms with Crippen LogP contribution in [0.5, 0.6) is 17.4 Å². The van der Waals surface area contributed by atoms with Crippen molar-refractivity contribution in [1.82, 2.24) is 9.88 Å². The second-order valence-electron chi connectivity index (χ2n) is 7.18. The summed E-state index contributed by atoms with van der Waals surface area (Å²) in [7, 11) is 0. The summed E-state index contributed by atoms with van der Waals surface area (Å²) in [5.74, 6) is 2.40. The molecule has 29 heavy (non-hydrogen) atoms. The lowest BCUT2D eigenvalue weighted by atomic mass is 9.98. The number of para-hydroxylation sites is 2. The van der Waals surface area contributed by atoms with Crippen LogP contribution in [0.15, 0.2) is 79.0 Å². The zero-order valence-electron chi connectivity index (χ0n) is 16.2. The summed E-state index contributed by atoms with van der Waals surface area (Å²) in [5.41, 5.74) is 0.579. The van der Waals surface area contributed by atoms with Crippen LogP contribution >= 0.6 is 0 Å². The van der Waals surface area contributed by atoms with Gasteiger partial charge in [0.05, 0.1) is 12.2 Å². The van der Waals surface area contributed by atoms with Crippen molar-refractivity contribution < 1.29 is 14.3 Å². The number of aromatic nitrogens is 1. The number of rotatable bonds is 6. The van der Waals surface area contributed by atoms with Crippen molar-refractivity contribution >= 4 is 5.91 Å². The molecule has 1 atom stereocenters. The average Bonchev–Trinajstić information content (AvgIpc) is 2.79. The van der Waals surface area contributed by atoms with Gasteiger partial charge in [-0.1, -0.05) is 36.4 Å².